The van der Waals surface area contributed by atoms with E-state index in [2.05, 4.69) is 5.10 Å². The average Bonchev–Trinajstić information content (AvgIpc) is 2.56. The smallest absolute Gasteiger partial charge is 0.236 e. The number of nitrogens with two attached hydrogens (primary N) is 1. The molecule has 0 aliphatic carbocycles. The molecule has 1 heterocycles. The second-order valence-corrected chi connectivity index (χ2v) is 5.38. The molecule has 1 aromatic carbocycles. The number of hydrogen-bond donors (Lipinski definition) is 1. The van der Waals surface area contributed by atoms with Crippen LogP contribution in [0, 0.1) is 13.8 Å². The number of rotatable bonds is 2. The third-order valence-electron chi connectivity index (χ3n) is 2.41. The van der Waals surface area contributed by atoms with E-state index in [4.69, 9.17) is 5.14 Å². The molecule has 2 N–H and O–H groups in total. The minimum absolute atomic E-state index is 0.0752. The molecule has 0 saturated carbocycles. The number of aryl methyl sites for hydroxylation is 2. The lowest BCUT2D eigenvalue weighted by atomic mass is 10.3. The Balaban J connectivity index is 2.73. The van der Waals surface area contributed by atoms with E-state index in [1.807, 2.05) is 19.9 Å². The van der Waals surface area contributed by atoms with Crippen LogP contribution in [-0.4, -0.2) is 18.2 Å². The molecule has 2 rings (SSSR count). The van der Waals surface area contributed by atoms with Gasteiger partial charge >= 0.3 is 0 Å². The van der Waals surface area contributed by atoms with E-state index in [1.165, 1.54) is 6.07 Å². The number of nitrogens with zero attached hydrogens (tertiary/aromatic N) is 2. The Kier molecular flexibility index (Phi) is 2.76. The first kappa shape index (κ1) is 11.8. The van der Waals surface area contributed by atoms with Crippen LogP contribution < -0.4 is 5.14 Å². The summed E-state index contributed by atoms with van der Waals surface area (Å²) >= 11 is 0. The fourth-order valence-electron chi connectivity index (χ4n) is 1.75. The number of hydrogen-bond acceptors (Lipinski definition) is 3. The Morgan fingerprint density at radius 3 is 2.41 bits per heavy atom. The molecule has 5 nitrogen and oxygen atoms in total. The van der Waals surface area contributed by atoms with Crippen LogP contribution in [0.5, 0.6) is 0 Å². The molecule has 0 spiro atoms. The van der Waals surface area contributed by atoms with E-state index in [0.29, 0.717) is 5.69 Å². The van der Waals surface area contributed by atoms with Gasteiger partial charge in [0.05, 0.1) is 11.4 Å². The summed E-state index contributed by atoms with van der Waals surface area (Å²) < 4.78 is 24.5. The SMILES string of the molecule is Cc1cc(C)n(-c2ccccc2S(N)(=O)=O)n1. The standard InChI is InChI=1S/C11H13N3O2S/c1-8-7-9(2)14(13-8)10-5-3-4-6-11(10)17(12,15)16/h3-7H,1-2H3,(H2,12,15,16). The van der Waals surface area contributed by atoms with Crippen molar-refractivity contribution >= 4 is 10.0 Å². The lowest BCUT2D eigenvalue weighted by molar-refractivity contribution is 0.596. The highest BCUT2D eigenvalue weighted by atomic mass is 32.2. The molecule has 0 amide bonds. The van der Waals surface area contributed by atoms with E-state index < -0.39 is 10.0 Å². The molecule has 2 aromatic rings. The Morgan fingerprint density at radius 1 is 1.24 bits per heavy atom. The zero-order valence-electron chi connectivity index (χ0n) is 9.58. The molecule has 0 fully saturated rings. The van der Waals surface area contributed by atoms with Gasteiger partial charge in [-0.3, -0.25) is 0 Å². The Morgan fingerprint density at radius 2 is 1.88 bits per heavy atom. The number of sulfonamides is 1. The molecular formula is C11H13N3O2S. The Hall–Kier alpha value is -1.66. The second-order valence-electron chi connectivity index (χ2n) is 3.85. The molecular weight excluding hydrogens is 238 g/mol. The summed E-state index contributed by atoms with van der Waals surface area (Å²) in [6, 6.07) is 8.41. The van der Waals surface area contributed by atoms with Crippen molar-refractivity contribution in [1.82, 2.24) is 9.78 Å². The van der Waals surface area contributed by atoms with Crippen molar-refractivity contribution in [2.24, 2.45) is 5.14 Å². The molecule has 1 aromatic heterocycles. The van der Waals surface area contributed by atoms with E-state index >= 15 is 0 Å². The fraction of sp³-hybridized carbons (Fsp3) is 0.182. The van der Waals surface area contributed by atoms with Gasteiger partial charge in [-0.15, -0.1) is 0 Å². The third kappa shape index (κ3) is 2.22. The minimum Gasteiger partial charge on any atom is -0.236 e. The van der Waals surface area contributed by atoms with Gasteiger partial charge in [-0.1, -0.05) is 12.1 Å². The zero-order chi connectivity index (χ0) is 12.6. The molecule has 0 atom stereocenters. The highest BCUT2D eigenvalue weighted by Gasteiger charge is 2.16. The number of para-hydroxylation sites is 1. The van der Waals surface area contributed by atoms with Crippen molar-refractivity contribution in [2.45, 2.75) is 18.7 Å². The fourth-order valence-corrected chi connectivity index (χ4v) is 2.46. The largest absolute Gasteiger partial charge is 0.240 e. The molecule has 6 heteroatoms. The van der Waals surface area contributed by atoms with Gasteiger partial charge in [0.25, 0.3) is 0 Å². The van der Waals surface area contributed by atoms with Crippen molar-refractivity contribution in [2.75, 3.05) is 0 Å². The molecule has 0 saturated heterocycles. The predicted molar refractivity (Wildman–Crippen MR) is 64.4 cm³/mol. The monoisotopic (exact) mass is 251 g/mol. The van der Waals surface area contributed by atoms with Crippen LogP contribution in [0.2, 0.25) is 0 Å². The first-order valence-corrected chi connectivity index (χ1v) is 6.60. The van der Waals surface area contributed by atoms with Crippen LogP contribution in [0.1, 0.15) is 11.4 Å². The van der Waals surface area contributed by atoms with Gasteiger partial charge in [0.2, 0.25) is 10.0 Å². The Labute approximate surface area is 99.9 Å². The van der Waals surface area contributed by atoms with E-state index in [9.17, 15) is 8.42 Å². The first-order chi connectivity index (χ1) is 7.89. The van der Waals surface area contributed by atoms with Crippen molar-refractivity contribution in [3.05, 3.63) is 41.7 Å². The quantitative estimate of drug-likeness (QED) is 0.869. The van der Waals surface area contributed by atoms with Gasteiger partial charge in [0.1, 0.15) is 4.90 Å². The van der Waals surface area contributed by atoms with Crippen LogP contribution in [0.3, 0.4) is 0 Å². The van der Waals surface area contributed by atoms with Crippen molar-refractivity contribution in [1.29, 1.82) is 0 Å². The molecule has 0 aliphatic rings. The lowest BCUT2D eigenvalue weighted by Crippen LogP contribution is -2.16. The topological polar surface area (TPSA) is 78.0 Å². The maximum atomic E-state index is 11.5. The minimum atomic E-state index is -3.75. The molecule has 0 radical (unpaired) electrons. The van der Waals surface area contributed by atoms with E-state index in [1.54, 1.807) is 22.9 Å². The average molecular weight is 251 g/mol. The van der Waals surface area contributed by atoms with Gasteiger partial charge < -0.3 is 0 Å². The normalized spacial score (nSPS) is 11.7. The Bertz CT molecular complexity index is 659. The highest BCUT2D eigenvalue weighted by molar-refractivity contribution is 7.89. The van der Waals surface area contributed by atoms with Crippen molar-refractivity contribution in [3.8, 4) is 5.69 Å². The molecule has 0 aliphatic heterocycles. The molecule has 90 valence electrons. The van der Waals surface area contributed by atoms with Crippen LogP contribution in [-0.2, 0) is 10.0 Å². The highest BCUT2D eigenvalue weighted by Crippen LogP contribution is 2.19. The third-order valence-corrected chi connectivity index (χ3v) is 3.37. The van der Waals surface area contributed by atoms with Crippen LogP contribution in [0.4, 0.5) is 0 Å². The summed E-state index contributed by atoms with van der Waals surface area (Å²) in [5.41, 5.74) is 2.16. The molecule has 17 heavy (non-hydrogen) atoms. The van der Waals surface area contributed by atoms with Crippen LogP contribution in [0.15, 0.2) is 35.2 Å². The van der Waals surface area contributed by atoms with Gasteiger partial charge in [0, 0.05) is 5.69 Å². The lowest BCUT2D eigenvalue weighted by Gasteiger charge is -2.09. The zero-order valence-corrected chi connectivity index (χ0v) is 10.4. The van der Waals surface area contributed by atoms with Crippen LogP contribution in [0.25, 0.3) is 5.69 Å². The maximum Gasteiger partial charge on any atom is 0.240 e. The first-order valence-electron chi connectivity index (χ1n) is 5.05. The summed E-state index contributed by atoms with van der Waals surface area (Å²) in [6.45, 7) is 3.71. The summed E-state index contributed by atoms with van der Waals surface area (Å²) in [6.07, 6.45) is 0. The van der Waals surface area contributed by atoms with E-state index in [0.717, 1.165) is 11.4 Å². The van der Waals surface area contributed by atoms with Crippen LogP contribution >= 0.6 is 0 Å². The number of primary sulfonamides is 1. The molecule has 0 unspecified atom stereocenters. The van der Waals surface area contributed by atoms with Gasteiger partial charge in [-0.25, -0.2) is 18.2 Å². The van der Waals surface area contributed by atoms with Gasteiger partial charge in [-0.2, -0.15) is 5.10 Å². The van der Waals surface area contributed by atoms with Crippen molar-refractivity contribution in [3.63, 3.8) is 0 Å². The summed E-state index contributed by atoms with van der Waals surface area (Å²) in [7, 11) is -3.75. The summed E-state index contributed by atoms with van der Waals surface area (Å²) in [5, 5.41) is 9.43. The number of aromatic nitrogens is 2. The molecule has 0 bridgehead atoms. The second kappa shape index (κ2) is 3.97. The van der Waals surface area contributed by atoms with Gasteiger partial charge in [0.15, 0.2) is 0 Å². The van der Waals surface area contributed by atoms with Crippen molar-refractivity contribution < 1.29 is 8.42 Å². The predicted octanol–water partition coefficient (Wildman–Crippen LogP) is 1.14. The van der Waals surface area contributed by atoms with Gasteiger partial charge in [-0.05, 0) is 32.0 Å². The maximum absolute atomic E-state index is 11.5. The summed E-state index contributed by atoms with van der Waals surface area (Å²) in [4.78, 5) is 0.0752. The number of benzene rings is 1. The van der Waals surface area contributed by atoms with E-state index in [-0.39, 0.29) is 4.90 Å². The summed E-state index contributed by atoms with van der Waals surface area (Å²) in [5.74, 6) is 0.